The fourth-order valence-corrected chi connectivity index (χ4v) is 2.63. The van der Waals surface area contributed by atoms with Gasteiger partial charge in [0.1, 0.15) is 0 Å². The Labute approximate surface area is 126 Å². The summed E-state index contributed by atoms with van der Waals surface area (Å²) in [5.41, 5.74) is -0.787. The van der Waals surface area contributed by atoms with Crippen LogP contribution in [-0.4, -0.2) is 42.9 Å². The number of hydrogen-bond donors (Lipinski definition) is 3. The van der Waals surface area contributed by atoms with Crippen LogP contribution in [0, 0.1) is 11.3 Å². The van der Waals surface area contributed by atoms with Crippen LogP contribution in [0.1, 0.15) is 46.5 Å². The molecule has 3 N–H and O–H groups in total. The molecule has 122 valence electrons. The highest BCUT2D eigenvalue weighted by Gasteiger charge is 2.41. The van der Waals surface area contributed by atoms with Crippen molar-refractivity contribution in [3.8, 4) is 0 Å². The Morgan fingerprint density at radius 2 is 1.90 bits per heavy atom. The molecule has 6 heteroatoms. The molecule has 1 atom stereocenters. The number of aliphatic carboxylic acids is 1. The van der Waals surface area contributed by atoms with Gasteiger partial charge in [-0.2, -0.15) is 0 Å². The molecule has 1 rings (SSSR count). The lowest BCUT2D eigenvalue weighted by Crippen LogP contribution is -2.50. The number of carboxylic acid groups (broad SMARTS) is 1. The van der Waals surface area contributed by atoms with Crippen LogP contribution in [0.3, 0.4) is 0 Å². The molecule has 1 fully saturated rings. The molecule has 0 aromatic carbocycles. The second kappa shape index (κ2) is 8.22. The molecule has 0 aliphatic heterocycles. The minimum Gasteiger partial charge on any atom is -0.481 e. The van der Waals surface area contributed by atoms with Gasteiger partial charge in [0, 0.05) is 13.2 Å². The van der Waals surface area contributed by atoms with Gasteiger partial charge in [0.15, 0.2) is 0 Å². The van der Waals surface area contributed by atoms with E-state index in [1.54, 1.807) is 0 Å². The molecule has 0 bridgehead atoms. The number of carboxylic acids is 1. The third-order valence-electron chi connectivity index (χ3n) is 4.22. The van der Waals surface area contributed by atoms with Crippen molar-refractivity contribution in [1.82, 2.24) is 10.6 Å². The smallest absolute Gasteiger partial charge is 0.315 e. The topological polar surface area (TPSA) is 87.7 Å². The first-order valence-corrected chi connectivity index (χ1v) is 7.77. The van der Waals surface area contributed by atoms with Crippen molar-refractivity contribution in [3.63, 3.8) is 0 Å². The van der Waals surface area contributed by atoms with Crippen molar-refractivity contribution >= 4 is 12.0 Å². The quantitative estimate of drug-likeness (QED) is 0.639. The number of nitrogens with one attached hydrogen (secondary N) is 2. The molecule has 0 aromatic heterocycles. The van der Waals surface area contributed by atoms with E-state index in [9.17, 15) is 14.7 Å². The number of carbonyl (C=O) groups is 2. The summed E-state index contributed by atoms with van der Waals surface area (Å²) in [5, 5.41) is 15.0. The van der Waals surface area contributed by atoms with Gasteiger partial charge in [-0.3, -0.25) is 4.79 Å². The van der Waals surface area contributed by atoms with E-state index in [4.69, 9.17) is 4.74 Å². The normalized spacial score (nSPS) is 18.5. The van der Waals surface area contributed by atoms with Crippen LogP contribution >= 0.6 is 0 Å². The Morgan fingerprint density at radius 3 is 2.38 bits per heavy atom. The molecule has 21 heavy (non-hydrogen) atoms. The largest absolute Gasteiger partial charge is 0.481 e. The van der Waals surface area contributed by atoms with Crippen LogP contribution in [-0.2, 0) is 9.53 Å². The molecule has 1 unspecified atom stereocenters. The summed E-state index contributed by atoms with van der Waals surface area (Å²) in [6.45, 7) is 7.20. The van der Waals surface area contributed by atoms with Crippen LogP contribution in [0.25, 0.3) is 0 Å². The highest BCUT2D eigenvalue weighted by atomic mass is 16.5. The van der Waals surface area contributed by atoms with E-state index in [1.807, 2.05) is 20.8 Å². The van der Waals surface area contributed by atoms with Crippen LogP contribution < -0.4 is 10.6 Å². The summed E-state index contributed by atoms with van der Waals surface area (Å²) in [4.78, 5) is 23.4. The first-order chi connectivity index (χ1) is 9.91. The molecule has 0 radical (unpaired) electrons. The molecule has 6 nitrogen and oxygen atoms in total. The second-order valence-electron chi connectivity index (χ2n) is 6.13. The predicted molar refractivity (Wildman–Crippen MR) is 80.2 cm³/mol. The van der Waals surface area contributed by atoms with Gasteiger partial charge in [-0.25, -0.2) is 4.79 Å². The zero-order valence-electron chi connectivity index (χ0n) is 13.3. The van der Waals surface area contributed by atoms with Crippen molar-refractivity contribution in [3.05, 3.63) is 0 Å². The highest BCUT2D eigenvalue weighted by molar-refractivity contribution is 5.78. The number of hydrogen-bond acceptors (Lipinski definition) is 3. The summed E-state index contributed by atoms with van der Waals surface area (Å²) >= 11 is 0. The predicted octanol–water partition coefficient (Wildman–Crippen LogP) is 1.99. The Hall–Kier alpha value is -1.30. The van der Waals surface area contributed by atoms with Gasteiger partial charge in [0.05, 0.1) is 18.1 Å². The molecule has 1 saturated carbocycles. The first kappa shape index (κ1) is 17.8. The lowest BCUT2D eigenvalue weighted by atomic mass is 9.86. The van der Waals surface area contributed by atoms with E-state index in [-0.39, 0.29) is 24.5 Å². The Kier molecular flexibility index (Phi) is 6.95. The summed E-state index contributed by atoms with van der Waals surface area (Å²) in [6.07, 6.45) is 3.09. The van der Waals surface area contributed by atoms with Gasteiger partial charge in [-0.15, -0.1) is 0 Å². The first-order valence-electron chi connectivity index (χ1n) is 7.77. The minimum atomic E-state index is -0.810. The summed E-state index contributed by atoms with van der Waals surface area (Å²) in [7, 11) is 0. The number of carbonyl (C=O) groups excluding carboxylic acids is 1. The molecule has 1 aliphatic carbocycles. The van der Waals surface area contributed by atoms with Crippen molar-refractivity contribution in [1.29, 1.82) is 0 Å². The molecular formula is C15H28N2O4. The van der Waals surface area contributed by atoms with Crippen molar-refractivity contribution in [2.45, 2.75) is 52.5 Å². The van der Waals surface area contributed by atoms with Crippen LogP contribution in [0.2, 0.25) is 0 Å². The second-order valence-corrected chi connectivity index (χ2v) is 6.13. The maximum Gasteiger partial charge on any atom is 0.315 e. The van der Waals surface area contributed by atoms with E-state index >= 15 is 0 Å². The molecule has 0 spiro atoms. The maximum absolute atomic E-state index is 12.0. The van der Waals surface area contributed by atoms with Gasteiger partial charge < -0.3 is 20.5 Å². The van der Waals surface area contributed by atoms with Gasteiger partial charge in [-0.05, 0) is 25.7 Å². The fourth-order valence-electron chi connectivity index (χ4n) is 2.63. The Morgan fingerprint density at radius 1 is 1.29 bits per heavy atom. The third kappa shape index (κ3) is 5.19. The van der Waals surface area contributed by atoms with Gasteiger partial charge >= 0.3 is 12.0 Å². The monoisotopic (exact) mass is 300 g/mol. The van der Waals surface area contributed by atoms with E-state index in [2.05, 4.69) is 10.6 Å². The zero-order chi connectivity index (χ0) is 15.9. The van der Waals surface area contributed by atoms with Gasteiger partial charge in [-0.1, -0.05) is 26.7 Å². The van der Waals surface area contributed by atoms with Crippen molar-refractivity contribution in [2.75, 3.05) is 19.8 Å². The summed E-state index contributed by atoms with van der Waals surface area (Å²) < 4.78 is 5.36. The average molecular weight is 300 g/mol. The standard InChI is InChI=1S/C15H28N2O4/c1-4-21-9-12(11(2)3)17-14(20)16-10-15(13(18)19)7-5-6-8-15/h11-12H,4-10H2,1-3H3,(H,18,19)(H2,16,17,20). The fraction of sp³-hybridized carbons (Fsp3) is 0.867. The maximum atomic E-state index is 12.0. The minimum absolute atomic E-state index is 0.0747. The van der Waals surface area contributed by atoms with Crippen LogP contribution in [0.15, 0.2) is 0 Å². The molecule has 0 heterocycles. The number of amides is 2. The van der Waals surface area contributed by atoms with Crippen LogP contribution in [0.4, 0.5) is 4.79 Å². The molecular weight excluding hydrogens is 272 g/mol. The Bertz CT molecular complexity index is 352. The molecule has 2 amide bonds. The van der Waals surface area contributed by atoms with Gasteiger partial charge in [0.25, 0.3) is 0 Å². The number of rotatable bonds is 8. The number of urea groups is 1. The van der Waals surface area contributed by atoms with E-state index in [0.717, 1.165) is 12.8 Å². The number of ether oxygens (including phenoxy) is 1. The highest BCUT2D eigenvalue weighted by Crippen LogP contribution is 2.37. The average Bonchev–Trinajstić information content (AvgIpc) is 2.91. The van der Waals surface area contributed by atoms with Gasteiger partial charge in [0.2, 0.25) is 0 Å². The SMILES string of the molecule is CCOCC(NC(=O)NCC1(C(=O)O)CCCC1)C(C)C. The van der Waals surface area contributed by atoms with E-state index in [1.165, 1.54) is 0 Å². The van der Waals surface area contributed by atoms with Crippen molar-refractivity contribution in [2.24, 2.45) is 11.3 Å². The van der Waals surface area contributed by atoms with Crippen LogP contribution in [0.5, 0.6) is 0 Å². The third-order valence-corrected chi connectivity index (χ3v) is 4.22. The molecule has 1 aliphatic rings. The lowest BCUT2D eigenvalue weighted by molar-refractivity contribution is -0.148. The molecule has 0 saturated heterocycles. The summed E-state index contributed by atoms with van der Waals surface area (Å²) in [5.74, 6) is -0.558. The summed E-state index contributed by atoms with van der Waals surface area (Å²) in [6, 6.07) is -0.393. The van der Waals surface area contributed by atoms with E-state index < -0.39 is 11.4 Å². The lowest BCUT2D eigenvalue weighted by Gasteiger charge is -2.26. The van der Waals surface area contributed by atoms with E-state index in [0.29, 0.717) is 26.1 Å². The van der Waals surface area contributed by atoms with Crippen molar-refractivity contribution < 1.29 is 19.4 Å². The Balaban J connectivity index is 2.46. The molecule has 0 aromatic rings. The zero-order valence-corrected chi connectivity index (χ0v) is 13.3.